The molecule has 2 rings (SSSR count). The predicted octanol–water partition coefficient (Wildman–Crippen LogP) is 4.17. The highest BCUT2D eigenvalue weighted by atomic mass is 19.1. The zero-order valence-corrected chi connectivity index (χ0v) is 13.0. The summed E-state index contributed by atoms with van der Waals surface area (Å²) in [5.41, 5.74) is 1.46. The lowest BCUT2D eigenvalue weighted by Gasteiger charge is -2.22. The molecule has 0 saturated heterocycles. The number of rotatable bonds is 3. The van der Waals surface area contributed by atoms with E-state index >= 15 is 0 Å². The van der Waals surface area contributed by atoms with Crippen molar-refractivity contribution in [3.05, 3.63) is 52.6 Å². The molecular formula is C17H20FNO2. The lowest BCUT2D eigenvalue weighted by atomic mass is 9.96. The molecule has 3 nitrogen and oxygen atoms in total. The summed E-state index contributed by atoms with van der Waals surface area (Å²) in [6, 6.07) is 6.39. The number of nitrogens with zero attached hydrogens (tertiary/aromatic N) is 1. The Morgan fingerprint density at radius 2 is 1.76 bits per heavy atom. The van der Waals surface area contributed by atoms with Crippen molar-refractivity contribution in [1.29, 1.82) is 0 Å². The van der Waals surface area contributed by atoms with Gasteiger partial charge in [0, 0.05) is 5.69 Å². The number of hydrogen-bond donors (Lipinski definition) is 1. The molecule has 112 valence electrons. The molecule has 1 aromatic heterocycles. The lowest BCUT2D eigenvalue weighted by molar-refractivity contribution is 0.0720. The van der Waals surface area contributed by atoms with E-state index in [2.05, 4.69) is 4.98 Å². The minimum absolute atomic E-state index is 0.141. The number of aliphatic hydroxyl groups is 1. The first-order valence-electron chi connectivity index (χ1n) is 6.84. The third-order valence-electron chi connectivity index (χ3n) is 3.42. The average molecular weight is 289 g/mol. The van der Waals surface area contributed by atoms with Crippen LogP contribution in [0.5, 0.6) is 11.5 Å². The van der Waals surface area contributed by atoms with Crippen LogP contribution in [0, 0.1) is 26.6 Å². The molecule has 0 unspecified atom stereocenters. The first-order chi connectivity index (χ1) is 9.70. The monoisotopic (exact) mass is 289 g/mol. The van der Waals surface area contributed by atoms with E-state index in [9.17, 15) is 9.50 Å². The van der Waals surface area contributed by atoms with Crippen LogP contribution in [0.1, 0.15) is 36.4 Å². The number of aromatic nitrogens is 1. The molecular weight excluding hydrogens is 269 g/mol. The number of aryl methyl sites for hydroxylation is 3. The van der Waals surface area contributed by atoms with Crippen LogP contribution in [0.15, 0.2) is 24.3 Å². The Bertz CT molecular complexity index is 675. The van der Waals surface area contributed by atoms with Crippen molar-refractivity contribution in [3.8, 4) is 11.5 Å². The second-order valence-corrected chi connectivity index (χ2v) is 5.75. The zero-order chi connectivity index (χ0) is 15.8. The first-order valence-corrected chi connectivity index (χ1v) is 6.84. The molecule has 0 spiro atoms. The van der Waals surface area contributed by atoms with Crippen LogP contribution in [-0.2, 0) is 5.60 Å². The average Bonchev–Trinajstić information content (AvgIpc) is 2.34. The maximum absolute atomic E-state index is 14.0. The molecule has 0 amide bonds. The molecule has 2 aromatic rings. The SMILES string of the molecule is Cc1cc(Oc2cccc(F)c2C(C)(C)O)c(C)nc1C. The van der Waals surface area contributed by atoms with Crippen molar-refractivity contribution in [2.75, 3.05) is 0 Å². The largest absolute Gasteiger partial charge is 0.455 e. The van der Waals surface area contributed by atoms with Crippen LogP contribution in [0.4, 0.5) is 4.39 Å². The summed E-state index contributed by atoms with van der Waals surface area (Å²) in [6.07, 6.45) is 0. The fraction of sp³-hybridized carbons (Fsp3) is 0.353. The number of benzene rings is 1. The van der Waals surface area contributed by atoms with Crippen molar-refractivity contribution < 1.29 is 14.2 Å². The van der Waals surface area contributed by atoms with Crippen LogP contribution in [0.25, 0.3) is 0 Å². The molecule has 1 N–H and O–H groups in total. The molecule has 0 bridgehead atoms. The highest BCUT2D eigenvalue weighted by Crippen LogP contribution is 2.35. The summed E-state index contributed by atoms with van der Waals surface area (Å²) in [7, 11) is 0. The Labute approximate surface area is 124 Å². The van der Waals surface area contributed by atoms with Crippen molar-refractivity contribution in [2.45, 2.75) is 40.2 Å². The van der Waals surface area contributed by atoms with E-state index in [0.717, 1.165) is 17.0 Å². The van der Waals surface area contributed by atoms with Crippen molar-refractivity contribution in [2.24, 2.45) is 0 Å². The van der Waals surface area contributed by atoms with E-state index in [1.807, 2.05) is 26.8 Å². The molecule has 0 aliphatic carbocycles. The normalized spacial score (nSPS) is 11.6. The molecule has 4 heteroatoms. The Morgan fingerprint density at radius 1 is 1.10 bits per heavy atom. The van der Waals surface area contributed by atoms with Crippen LogP contribution < -0.4 is 4.74 Å². The summed E-state index contributed by atoms with van der Waals surface area (Å²) in [5, 5.41) is 10.2. The van der Waals surface area contributed by atoms with Crippen LogP contribution in [-0.4, -0.2) is 10.1 Å². The van der Waals surface area contributed by atoms with Gasteiger partial charge in [0.25, 0.3) is 0 Å². The fourth-order valence-corrected chi connectivity index (χ4v) is 2.21. The highest BCUT2D eigenvalue weighted by molar-refractivity contribution is 5.43. The van der Waals surface area contributed by atoms with Gasteiger partial charge in [0.05, 0.1) is 16.9 Å². The fourth-order valence-electron chi connectivity index (χ4n) is 2.21. The van der Waals surface area contributed by atoms with E-state index in [1.165, 1.54) is 19.9 Å². The van der Waals surface area contributed by atoms with Crippen LogP contribution >= 0.6 is 0 Å². The molecule has 0 aliphatic heterocycles. The Morgan fingerprint density at radius 3 is 2.38 bits per heavy atom. The van der Waals surface area contributed by atoms with E-state index in [-0.39, 0.29) is 5.56 Å². The van der Waals surface area contributed by atoms with Crippen LogP contribution in [0.3, 0.4) is 0 Å². The Kier molecular flexibility index (Phi) is 4.01. The summed E-state index contributed by atoms with van der Waals surface area (Å²) in [5.74, 6) is 0.374. The number of pyridine rings is 1. The van der Waals surface area contributed by atoms with Gasteiger partial charge in [0.1, 0.15) is 17.3 Å². The molecule has 0 aliphatic rings. The predicted molar refractivity (Wildman–Crippen MR) is 80.2 cm³/mol. The van der Waals surface area contributed by atoms with E-state index in [4.69, 9.17) is 4.74 Å². The summed E-state index contributed by atoms with van der Waals surface area (Å²) >= 11 is 0. The van der Waals surface area contributed by atoms with Gasteiger partial charge < -0.3 is 9.84 Å². The molecule has 1 aromatic carbocycles. The van der Waals surface area contributed by atoms with Crippen molar-refractivity contribution in [3.63, 3.8) is 0 Å². The zero-order valence-electron chi connectivity index (χ0n) is 13.0. The van der Waals surface area contributed by atoms with E-state index in [0.29, 0.717) is 11.5 Å². The van der Waals surface area contributed by atoms with Gasteiger partial charge >= 0.3 is 0 Å². The minimum Gasteiger partial charge on any atom is -0.455 e. The summed E-state index contributed by atoms with van der Waals surface area (Å²) in [4.78, 5) is 4.40. The third kappa shape index (κ3) is 3.22. The Hall–Kier alpha value is -1.94. The first kappa shape index (κ1) is 15.4. The molecule has 1 heterocycles. The number of ether oxygens (including phenoxy) is 1. The maximum Gasteiger partial charge on any atom is 0.148 e. The number of halogens is 1. The molecule has 0 fully saturated rings. The summed E-state index contributed by atoms with van der Waals surface area (Å²) in [6.45, 7) is 8.77. The van der Waals surface area contributed by atoms with Gasteiger partial charge in [-0.2, -0.15) is 0 Å². The second kappa shape index (κ2) is 5.45. The van der Waals surface area contributed by atoms with Crippen molar-refractivity contribution in [1.82, 2.24) is 4.98 Å². The van der Waals surface area contributed by atoms with Gasteiger partial charge in [-0.25, -0.2) is 4.39 Å². The van der Waals surface area contributed by atoms with Gasteiger partial charge in [0.15, 0.2) is 0 Å². The highest BCUT2D eigenvalue weighted by Gasteiger charge is 2.26. The van der Waals surface area contributed by atoms with Crippen molar-refractivity contribution >= 4 is 0 Å². The van der Waals surface area contributed by atoms with Gasteiger partial charge in [-0.1, -0.05) is 6.07 Å². The Balaban J connectivity index is 2.51. The topological polar surface area (TPSA) is 42.4 Å². The van der Waals surface area contributed by atoms with Crippen LogP contribution in [0.2, 0.25) is 0 Å². The quantitative estimate of drug-likeness (QED) is 0.922. The molecule has 21 heavy (non-hydrogen) atoms. The third-order valence-corrected chi connectivity index (χ3v) is 3.42. The smallest absolute Gasteiger partial charge is 0.148 e. The number of hydrogen-bond acceptors (Lipinski definition) is 3. The molecule has 0 atom stereocenters. The minimum atomic E-state index is -1.33. The van der Waals surface area contributed by atoms with Gasteiger partial charge in [-0.05, 0) is 58.4 Å². The van der Waals surface area contributed by atoms with E-state index < -0.39 is 11.4 Å². The lowest BCUT2D eigenvalue weighted by Crippen LogP contribution is -2.18. The molecule has 0 saturated carbocycles. The standard InChI is InChI=1S/C17H20FNO2/c1-10-9-15(12(3)19-11(10)2)21-14-8-6-7-13(18)16(14)17(4,5)20/h6-9,20H,1-5H3. The summed E-state index contributed by atoms with van der Waals surface area (Å²) < 4.78 is 19.9. The molecule has 0 radical (unpaired) electrons. The maximum atomic E-state index is 14.0. The second-order valence-electron chi connectivity index (χ2n) is 5.75. The van der Waals surface area contributed by atoms with Gasteiger partial charge in [-0.3, -0.25) is 4.98 Å². The van der Waals surface area contributed by atoms with Gasteiger partial charge in [-0.15, -0.1) is 0 Å². The van der Waals surface area contributed by atoms with E-state index in [1.54, 1.807) is 12.1 Å². The van der Waals surface area contributed by atoms with Gasteiger partial charge in [0.2, 0.25) is 0 Å².